The summed E-state index contributed by atoms with van der Waals surface area (Å²) in [7, 11) is -3.66. The van der Waals surface area contributed by atoms with Crippen molar-refractivity contribution in [1.82, 2.24) is 0 Å². The van der Waals surface area contributed by atoms with Crippen molar-refractivity contribution < 1.29 is 32.2 Å². The highest BCUT2D eigenvalue weighted by atomic mass is 32.2. The summed E-state index contributed by atoms with van der Waals surface area (Å²) in [5.74, 6) is -1.76. The lowest BCUT2D eigenvalue weighted by Gasteiger charge is -2.22. The first-order chi connectivity index (χ1) is 12.7. The summed E-state index contributed by atoms with van der Waals surface area (Å²) in [6.45, 7) is 3.33. The predicted octanol–water partition coefficient (Wildman–Crippen LogP) is 1.55. The lowest BCUT2D eigenvalue weighted by atomic mass is 9.94. The minimum Gasteiger partial charge on any atom is -0.458 e. The first-order valence-corrected chi connectivity index (χ1v) is 10.1. The molecule has 27 heavy (non-hydrogen) atoms. The number of rotatable bonds is 3. The number of anilines is 1. The summed E-state index contributed by atoms with van der Waals surface area (Å²) in [5.41, 5.74) is 2.36. The molecule has 3 heterocycles. The molecule has 1 fully saturated rings. The fourth-order valence-electron chi connectivity index (χ4n) is 3.48. The summed E-state index contributed by atoms with van der Waals surface area (Å²) in [6, 6.07) is 6.89. The van der Waals surface area contributed by atoms with E-state index >= 15 is 0 Å². The van der Waals surface area contributed by atoms with E-state index in [1.807, 2.05) is 0 Å². The summed E-state index contributed by atoms with van der Waals surface area (Å²) in [5, 5.41) is 0. The van der Waals surface area contributed by atoms with E-state index in [0.717, 1.165) is 10.6 Å². The third-order valence-electron chi connectivity index (χ3n) is 4.97. The van der Waals surface area contributed by atoms with Gasteiger partial charge < -0.3 is 14.2 Å². The molecule has 3 unspecified atom stereocenters. The molecule has 4 rings (SSSR count). The molecule has 1 aromatic rings. The summed E-state index contributed by atoms with van der Waals surface area (Å²) in [6.07, 6.45) is 0.353. The number of carbonyl (C=O) groups excluding carboxylic acids is 2. The summed E-state index contributed by atoms with van der Waals surface area (Å²) < 4.78 is 41.6. The first-order valence-electron chi connectivity index (χ1n) is 8.23. The molecule has 0 amide bonds. The van der Waals surface area contributed by atoms with Gasteiger partial charge in [0.15, 0.2) is 0 Å². The van der Waals surface area contributed by atoms with Crippen LogP contribution < -0.4 is 4.31 Å². The summed E-state index contributed by atoms with van der Waals surface area (Å²) in [4.78, 5) is 24.0. The van der Waals surface area contributed by atoms with Crippen LogP contribution in [0.25, 0.3) is 0 Å². The highest BCUT2D eigenvalue weighted by Gasteiger charge is 2.53. The van der Waals surface area contributed by atoms with Crippen LogP contribution >= 0.6 is 0 Å². The second-order valence-corrected chi connectivity index (χ2v) is 8.51. The molecular formula is C18H17NO7S. The number of cyclic esters (lactones) is 1. The second-order valence-electron chi connectivity index (χ2n) is 6.65. The molecule has 142 valence electrons. The lowest BCUT2D eigenvalue weighted by Crippen LogP contribution is -2.38. The largest absolute Gasteiger partial charge is 0.458 e. The maximum Gasteiger partial charge on any atom is 0.339 e. The van der Waals surface area contributed by atoms with E-state index in [4.69, 9.17) is 14.2 Å². The highest BCUT2D eigenvalue weighted by molar-refractivity contribution is 7.92. The van der Waals surface area contributed by atoms with Gasteiger partial charge in [0.25, 0.3) is 6.29 Å². The van der Waals surface area contributed by atoms with Crippen LogP contribution in [0, 0.1) is 0 Å². The number of carbonyl (C=O) groups is 2. The maximum absolute atomic E-state index is 12.4. The predicted molar refractivity (Wildman–Crippen MR) is 93.8 cm³/mol. The van der Waals surface area contributed by atoms with Gasteiger partial charge in [0.05, 0.1) is 29.7 Å². The van der Waals surface area contributed by atoms with Gasteiger partial charge in [-0.05, 0) is 25.5 Å². The summed E-state index contributed by atoms with van der Waals surface area (Å²) >= 11 is 0. The van der Waals surface area contributed by atoms with E-state index < -0.39 is 40.4 Å². The van der Waals surface area contributed by atoms with E-state index in [9.17, 15) is 18.0 Å². The van der Waals surface area contributed by atoms with Gasteiger partial charge in [0.1, 0.15) is 0 Å². The molecule has 0 aromatic heterocycles. The van der Waals surface area contributed by atoms with Crippen molar-refractivity contribution in [3.63, 3.8) is 0 Å². The Labute approximate surface area is 156 Å². The molecular weight excluding hydrogens is 374 g/mol. The standard InChI is InChI=1S/C18H17NO7S/c1-9-10(2)18(26-16(9)20)24-8-12-14-11-6-4-5-7-13(11)19(27(3,22)23)15(14)25-17(12)21/h4-8,14-15,18H,1-3H3/b12-8+. The molecule has 0 aliphatic carbocycles. The molecule has 3 aliphatic rings. The number of benzene rings is 1. The number of fused-ring (bicyclic) bond motifs is 3. The number of ether oxygens (including phenoxy) is 3. The van der Waals surface area contributed by atoms with Crippen LogP contribution in [0.3, 0.4) is 0 Å². The zero-order valence-corrected chi connectivity index (χ0v) is 15.6. The van der Waals surface area contributed by atoms with Gasteiger partial charge in [0, 0.05) is 11.1 Å². The van der Waals surface area contributed by atoms with Gasteiger partial charge >= 0.3 is 11.9 Å². The Hall–Kier alpha value is -2.81. The van der Waals surface area contributed by atoms with Crippen LogP contribution in [0.5, 0.6) is 0 Å². The van der Waals surface area contributed by atoms with Crippen LogP contribution in [0.1, 0.15) is 25.3 Å². The van der Waals surface area contributed by atoms with Gasteiger partial charge in [0.2, 0.25) is 16.3 Å². The van der Waals surface area contributed by atoms with E-state index in [1.54, 1.807) is 38.1 Å². The minimum absolute atomic E-state index is 0.173. The van der Waals surface area contributed by atoms with Gasteiger partial charge in [-0.2, -0.15) is 0 Å². The molecule has 0 radical (unpaired) electrons. The average Bonchev–Trinajstić information content (AvgIpc) is 3.17. The third kappa shape index (κ3) is 2.61. The quantitative estimate of drug-likeness (QED) is 0.438. The normalized spacial score (nSPS) is 28.3. The Morgan fingerprint density at radius 2 is 1.81 bits per heavy atom. The van der Waals surface area contributed by atoms with Crippen LogP contribution in [-0.4, -0.2) is 39.1 Å². The van der Waals surface area contributed by atoms with Crippen LogP contribution in [-0.2, 0) is 33.8 Å². The Morgan fingerprint density at radius 1 is 1.11 bits per heavy atom. The number of esters is 2. The second kappa shape index (κ2) is 5.85. The van der Waals surface area contributed by atoms with Gasteiger partial charge in [-0.25, -0.2) is 22.3 Å². The molecule has 3 aliphatic heterocycles. The van der Waals surface area contributed by atoms with Crippen molar-refractivity contribution in [2.75, 3.05) is 10.6 Å². The molecule has 0 spiro atoms. The Balaban J connectivity index is 1.71. The third-order valence-corrected chi connectivity index (χ3v) is 6.08. The Bertz CT molecular complexity index is 1020. The van der Waals surface area contributed by atoms with Crippen molar-refractivity contribution in [2.45, 2.75) is 32.3 Å². The smallest absolute Gasteiger partial charge is 0.339 e. The molecule has 0 N–H and O–H groups in total. The van der Waals surface area contributed by atoms with E-state index in [1.165, 1.54) is 6.26 Å². The lowest BCUT2D eigenvalue weighted by molar-refractivity contribution is -0.153. The fraction of sp³-hybridized carbons (Fsp3) is 0.333. The number of hydrogen-bond donors (Lipinski definition) is 0. The van der Waals surface area contributed by atoms with E-state index in [-0.39, 0.29) is 5.57 Å². The highest BCUT2D eigenvalue weighted by Crippen LogP contribution is 2.50. The van der Waals surface area contributed by atoms with Gasteiger partial charge in [-0.3, -0.25) is 0 Å². The molecule has 3 atom stereocenters. The number of sulfonamides is 1. The Morgan fingerprint density at radius 3 is 2.44 bits per heavy atom. The average molecular weight is 391 g/mol. The van der Waals surface area contributed by atoms with Crippen LogP contribution in [0.2, 0.25) is 0 Å². The van der Waals surface area contributed by atoms with E-state index in [0.29, 0.717) is 22.4 Å². The number of hydrogen-bond acceptors (Lipinski definition) is 7. The topological polar surface area (TPSA) is 99.2 Å². The zero-order chi connectivity index (χ0) is 19.5. The number of nitrogens with zero attached hydrogens (tertiary/aromatic N) is 1. The molecule has 8 nitrogen and oxygen atoms in total. The molecule has 1 saturated heterocycles. The van der Waals surface area contributed by atoms with Crippen molar-refractivity contribution in [3.8, 4) is 0 Å². The molecule has 0 saturated carbocycles. The Kier molecular flexibility index (Phi) is 3.81. The minimum atomic E-state index is -3.66. The first kappa shape index (κ1) is 17.6. The monoisotopic (exact) mass is 391 g/mol. The van der Waals surface area contributed by atoms with Crippen molar-refractivity contribution in [2.24, 2.45) is 0 Å². The SMILES string of the molecule is CC1=C(C)C(O/C=C2/C(=O)OC3C2c2ccccc2N3S(C)(=O)=O)OC1=O. The van der Waals surface area contributed by atoms with E-state index in [2.05, 4.69) is 0 Å². The van der Waals surface area contributed by atoms with Gasteiger partial charge in [-0.15, -0.1) is 0 Å². The van der Waals surface area contributed by atoms with Crippen LogP contribution in [0.15, 0.2) is 47.2 Å². The number of para-hydroxylation sites is 1. The van der Waals surface area contributed by atoms with Crippen LogP contribution in [0.4, 0.5) is 5.69 Å². The van der Waals surface area contributed by atoms with Crippen molar-refractivity contribution in [3.05, 3.63) is 52.8 Å². The zero-order valence-electron chi connectivity index (χ0n) is 14.8. The maximum atomic E-state index is 12.4. The fourth-order valence-corrected chi connectivity index (χ4v) is 4.55. The molecule has 0 bridgehead atoms. The molecule has 9 heteroatoms. The van der Waals surface area contributed by atoms with Gasteiger partial charge in [-0.1, -0.05) is 18.2 Å². The van der Waals surface area contributed by atoms with Crippen molar-refractivity contribution >= 4 is 27.6 Å². The van der Waals surface area contributed by atoms with Crippen molar-refractivity contribution in [1.29, 1.82) is 0 Å². The molecule has 1 aromatic carbocycles.